The zero-order valence-corrected chi connectivity index (χ0v) is 17.9. The molecule has 3 heterocycles. The van der Waals surface area contributed by atoms with Gasteiger partial charge in [0.15, 0.2) is 0 Å². The molecule has 29 heavy (non-hydrogen) atoms. The lowest BCUT2D eigenvalue weighted by molar-refractivity contribution is -0.136. The molecule has 7 heteroatoms. The smallest absolute Gasteiger partial charge is 0.244 e. The van der Waals surface area contributed by atoms with Crippen LogP contribution in [0.4, 0.5) is 0 Å². The number of aromatic nitrogens is 1. The number of halogens is 1. The lowest BCUT2D eigenvalue weighted by atomic mass is 10.1. The highest BCUT2D eigenvalue weighted by molar-refractivity contribution is 7.13. The summed E-state index contributed by atoms with van der Waals surface area (Å²) >= 11 is 7.79. The maximum atomic E-state index is 12.8. The molecule has 1 aromatic carbocycles. The Bertz CT molecular complexity index is 1020. The third kappa shape index (κ3) is 4.33. The number of fused-ring (bicyclic) bond motifs is 1. The number of likely N-dealkylation sites (tertiary alicyclic amines) is 1. The Morgan fingerprint density at radius 3 is 2.69 bits per heavy atom. The maximum absolute atomic E-state index is 12.8. The Kier molecular flexibility index (Phi) is 5.92. The molecule has 0 radical (unpaired) electrons. The molecule has 1 aliphatic heterocycles. The molecule has 1 saturated heterocycles. The number of thiophene rings is 1. The molecule has 4 rings (SSSR count). The van der Waals surface area contributed by atoms with Crippen LogP contribution in [0.2, 0.25) is 5.02 Å². The van der Waals surface area contributed by atoms with E-state index in [1.54, 1.807) is 18.3 Å². The number of carbonyl (C=O) groups excluding carboxylic acids is 2. The molecule has 0 bridgehead atoms. The SMILES string of the molecule is CC(NC(=O)Cn1c(-c2cccs2)cc2cc(Cl)ccc21)C(=O)N1CCCCC1. The van der Waals surface area contributed by atoms with Gasteiger partial charge in [-0.05, 0) is 61.9 Å². The van der Waals surface area contributed by atoms with E-state index in [0.29, 0.717) is 5.02 Å². The predicted molar refractivity (Wildman–Crippen MR) is 118 cm³/mol. The quantitative estimate of drug-likeness (QED) is 0.647. The summed E-state index contributed by atoms with van der Waals surface area (Å²) in [6.45, 7) is 3.48. The molecule has 0 spiro atoms. The van der Waals surface area contributed by atoms with Crippen LogP contribution in [0.25, 0.3) is 21.5 Å². The third-order valence-electron chi connectivity index (χ3n) is 5.35. The van der Waals surface area contributed by atoms with Crippen LogP contribution in [-0.2, 0) is 16.1 Å². The fourth-order valence-electron chi connectivity index (χ4n) is 3.92. The zero-order chi connectivity index (χ0) is 20.4. The number of carbonyl (C=O) groups is 2. The molecule has 1 N–H and O–H groups in total. The first-order valence-corrected chi connectivity index (χ1v) is 11.2. The van der Waals surface area contributed by atoms with E-state index in [1.807, 2.05) is 45.2 Å². The van der Waals surface area contributed by atoms with Crippen LogP contribution in [0, 0.1) is 0 Å². The number of benzene rings is 1. The van der Waals surface area contributed by atoms with Crippen molar-refractivity contribution in [3.63, 3.8) is 0 Å². The van der Waals surface area contributed by atoms with Gasteiger partial charge >= 0.3 is 0 Å². The van der Waals surface area contributed by atoms with Crippen LogP contribution in [0.15, 0.2) is 41.8 Å². The second-order valence-electron chi connectivity index (χ2n) is 7.47. The summed E-state index contributed by atoms with van der Waals surface area (Å²) in [5.74, 6) is -0.172. The van der Waals surface area contributed by atoms with Crippen LogP contribution in [0.1, 0.15) is 26.2 Å². The number of rotatable bonds is 5. The largest absolute Gasteiger partial charge is 0.343 e. The highest BCUT2D eigenvalue weighted by Crippen LogP contribution is 2.32. The van der Waals surface area contributed by atoms with E-state index in [9.17, 15) is 9.59 Å². The highest BCUT2D eigenvalue weighted by atomic mass is 35.5. The van der Waals surface area contributed by atoms with Crippen molar-refractivity contribution < 1.29 is 9.59 Å². The normalized spacial score (nSPS) is 15.4. The monoisotopic (exact) mass is 429 g/mol. The standard InChI is InChI=1S/C22H24ClN3O2S/c1-15(22(28)25-9-3-2-4-10-25)24-21(27)14-26-18-8-7-17(23)12-16(18)13-19(26)20-6-5-11-29-20/h5-8,11-13,15H,2-4,9-10,14H2,1H3,(H,24,27). The van der Waals surface area contributed by atoms with Crippen molar-refractivity contribution in [1.82, 2.24) is 14.8 Å². The van der Waals surface area contributed by atoms with Crippen molar-refractivity contribution >= 4 is 45.7 Å². The van der Waals surface area contributed by atoms with Crippen molar-refractivity contribution in [3.8, 4) is 10.6 Å². The van der Waals surface area contributed by atoms with E-state index in [4.69, 9.17) is 11.6 Å². The minimum Gasteiger partial charge on any atom is -0.343 e. The van der Waals surface area contributed by atoms with Gasteiger partial charge in [-0.1, -0.05) is 17.7 Å². The Labute approximate surface area is 179 Å². The molecule has 2 aromatic heterocycles. The van der Waals surface area contributed by atoms with Crippen molar-refractivity contribution in [1.29, 1.82) is 0 Å². The molecule has 152 valence electrons. The van der Waals surface area contributed by atoms with Gasteiger partial charge in [-0.2, -0.15) is 0 Å². The summed E-state index contributed by atoms with van der Waals surface area (Å²) < 4.78 is 1.99. The molecule has 1 fully saturated rings. The Hall–Kier alpha value is -2.31. The molecule has 1 atom stereocenters. The summed E-state index contributed by atoms with van der Waals surface area (Å²) in [4.78, 5) is 28.4. The van der Waals surface area contributed by atoms with E-state index in [-0.39, 0.29) is 18.4 Å². The molecular weight excluding hydrogens is 406 g/mol. The third-order valence-corrected chi connectivity index (χ3v) is 6.48. The first kappa shape index (κ1) is 20.0. The number of amides is 2. The first-order chi connectivity index (χ1) is 14.0. The fraction of sp³-hybridized carbons (Fsp3) is 0.364. The summed E-state index contributed by atoms with van der Waals surface area (Å²) in [7, 11) is 0. The van der Waals surface area contributed by atoms with Crippen LogP contribution < -0.4 is 5.32 Å². The summed E-state index contributed by atoms with van der Waals surface area (Å²) in [6.07, 6.45) is 3.24. The van der Waals surface area contributed by atoms with Gasteiger partial charge in [-0.25, -0.2) is 0 Å². The van der Waals surface area contributed by atoms with Gasteiger partial charge in [-0.15, -0.1) is 11.3 Å². The Balaban J connectivity index is 1.54. The van der Waals surface area contributed by atoms with Crippen molar-refractivity contribution in [2.45, 2.75) is 38.8 Å². The first-order valence-electron chi connectivity index (χ1n) is 9.94. The Morgan fingerprint density at radius 2 is 1.97 bits per heavy atom. The van der Waals surface area contributed by atoms with Crippen LogP contribution in [-0.4, -0.2) is 40.4 Å². The summed E-state index contributed by atoms with van der Waals surface area (Å²) in [5.41, 5.74) is 1.92. The van der Waals surface area contributed by atoms with Gasteiger partial charge in [0.2, 0.25) is 11.8 Å². The second-order valence-corrected chi connectivity index (χ2v) is 8.86. The van der Waals surface area contributed by atoms with Gasteiger partial charge in [0.05, 0.1) is 10.6 Å². The minimum atomic E-state index is -0.526. The molecule has 2 amide bonds. The van der Waals surface area contributed by atoms with Crippen molar-refractivity contribution in [2.75, 3.05) is 13.1 Å². The number of hydrogen-bond donors (Lipinski definition) is 1. The average molecular weight is 430 g/mol. The van der Waals surface area contributed by atoms with Gasteiger partial charge in [0.25, 0.3) is 0 Å². The van der Waals surface area contributed by atoms with Crippen LogP contribution in [0.3, 0.4) is 0 Å². The van der Waals surface area contributed by atoms with Crippen molar-refractivity contribution in [3.05, 3.63) is 46.8 Å². The van der Waals surface area contributed by atoms with E-state index in [0.717, 1.165) is 47.4 Å². The molecule has 0 saturated carbocycles. The number of hydrogen-bond acceptors (Lipinski definition) is 3. The van der Waals surface area contributed by atoms with E-state index >= 15 is 0 Å². The molecule has 1 aliphatic rings. The maximum Gasteiger partial charge on any atom is 0.244 e. The summed E-state index contributed by atoms with van der Waals surface area (Å²) in [5, 5.41) is 6.56. The van der Waals surface area contributed by atoms with Gasteiger partial charge in [0.1, 0.15) is 12.6 Å². The lowest BCUT2D eigenvalue weighted by Gasteiger charge is -2.29. The van der Waals surface area contributed by atoms with E-state index < -0.39 is 6.04 Å². The van der Waals surface area contributed by atoms with Gasteiger partial charge in [0, 0.05) is 29.0 Å². The van der Waals surface area contributed by atoms with Crippen LogP contribution in [0.5, 0.6) is 0 Å². The topological polar surface area (TPSA) is 54.3 Å². The van der Waals surface area contributed by atoms with Crippen LogP contribution >= 0.6 is 22.9 Å². The lowest BCUT2D eigenvalue weighted by Crippen LogP contribution is -2.49. The molecule has 1 unspecified atom stereocenters. The molecule has 0 aliphatic carbocycles. The number of nitrogens with zero attached hydrogens (tertiary/aromatic N) is 2. The summed E-state index contributed by atoms with van der Waals surface area (Å²) in [6, 6.07) is 11.2. The number of nitrogens with one attached hydrogen (secondary N) is 1. The predicted octanol–water partition coefficient (Wildman–Crippen LogP) is 4.54. The average Bonchev–Trinajstić information content (AvgIpc) is 3.36. The molecular formula is C22H24ClN3O2S. The molecule has 5 nitrogen and oxygen atoms in total. The minimum absolute atomic E-state index is 0.000626. The fourth-order valence-corrected chi connectivity index (χ4v) is 4.85. The second kappa shape index (κ2) is 8.59. The Morgan fingerprint density at radius 1 is 1.17 bits per heavy atom. The van der Waals surface area contributed by atoms with Crippen molar-refractivity contribution in [2.24, 2.45) is 0 Å². The zero-order valence-electron chi connectivity index (χ0n) is 16.4. The highest BCUT2D eigenvalue weighted by Gasteiger charge is 2.24. The van der Waals surface area contributed by atoms with E-state index in [1.165, 1.54) is 6.42 Å². The molecule has 3 aromatic rings. The van der Waals surface area contributed by atoms with E-state index in [2.05, 4.69) is 11.4 Å². The van der Waals surface area contributed by atoms with Gasteiger partial charge < -0.3 is 14.8 Å². The van der Waals surface area contributed by atoms with Gasteiger partial charge in [-0.3, -0.25) is 9.59 Å². The number of piperidine rings is 1.